The van der Waals surface area contributed by atoms with Gasteiger partial charge in [0, 0.05) is 29.8 Å². The van der Waals surface area contributed by atoms with Crippen LogP contribution in [0.4, 0.5) is 5.69 Å². The number of para-hydroxylation sites is 1. The molecule has 8 nitrogen and oxygen atoms in total. The summed E-state index contributed by atoms with van der Waals surface area (Å²) < 4.78 is 1.57. The summed E-state index contributed by atoms with van der Waals surface area (Å²) >= 11 is 6.20. The fraction of sp³-hybridized carbons (Fsp3) is 0.233. The van der Waals surface area contributed by atoms with Crippen molar-refractivity contribution in [1.82, 2.24) is 14.5 Å². The van der Waals surface area contributed by atoms with Crippen LogP contribution < -0.4 is 5.56 Å². The summed E-state index contributed by atoms with van der Waals surface area (Å²) in [5.41, 5.74) is 2.42. The molecular weight excluding hydrogens is 516 g/mol. The highest BCUT2D eigenvalue weighted by atomic mass is 35.5. The van der Waals surface area contributed by atoms with E-state index in [2.05, 4.69) is 0 Å². The molecule has 1 unspecified atom stereocenters. The Labute approximate surface area is 231 Å². The minimum absolute atomic E-state index is 0.0190. The number of amides is 1. The van der Waals surface area contributed by atoms with Gasteiger partial charge in [0.25, 0.3) is 11.2 Å². The van der Waals surface area contributed by atoms with E-state index in [1.807, 2.05) is 26.8 Å². The van der Waals surface area contributed by atoms with Crippen molar-refractivity contribution in [3.8, 4) is 5.69 Å². The number of benzene rings is 3. The minimum Gasteiger partial charge on any atom is -0.329 e. The Morgan fingerprint density at radius 1 is 1.15 bits per heavy atom. The number of non-ortho nitro benzene ring substituents is 1. The van der Waals surface area contributed by atoms with Crippen molar-refractivity contribution in [2.45, 2.75) is 39.7 Å². The Morgan fingerprint density at radius 2 is 1.87 bits per heavy atom. The third kappa shape index (κ3) is 6.07. The van der Waals surface area contributed by atoms with Crippen molar-refractivity contribution in [2.24, 2.45) is 0 Å². The van der Waals surface area contributed by atoms with Gasteiger partial charge in [0.15, 0.2) is 0 Å². The molecular formula is C30H29ClN4O4. The topological polar surface area (TPSA) is 98.3 Å². The summed E-state index contributed by atoms with van der Waals surface area (Å²) in [5, 5.41) is 12.0. The molecule has 4 aromatic rings. The first-order valence-corrected chi connectivity index (χ1v) is 13.1. The molecule has 9 heteroatoms. The standard InChI is InChI=1S/C30H29ClN4O4/c1-4-5-18-33(28(36)17-12-22-10-14-24(15-11-22)35(38)39)21(3)29-32-26-9-7-6-8-25(26)30(37)34(29)27-16-13-23(31)19-20(27)2/h6-17,19,21H,4-5,18H2,1-3H3/b17-12+. The van der Waals surface area contributed by atoms with Crippen LogP contribution in [0.25, 0.3) is 22.7 Å². The highest BCUT2D eigenvalue weighted by Gasteiger charge is 2.26. The number of aryl methyl sites for hydroxylation is 1. The van der Waals surface area contributed by atoms with E-state index < -0.39 is 11.0 Å². The van der Waals surface area contributed by atoms with Gasteiger partial charge in [-0.3, -0.25) is 24.3 Å². The number of hydrogen-bond acceptors (Lipinski definition) is 5. The molecule has 0 saturated carbocycles. The maximum absolute atomic E-state index is 13.8. The number of nitrogens with zero attached hydrogens (tertiary/aromatic N) is 4. The smallest absolute Gasteiger partial charge is 0.269 e. The summed E-state index contributed by atoms with van der Waals surface area (Å²) in [7, 11) is 0. The number of halogens is 1. The molecule has 200 valence electrons. The van der Waals surface area contributed by atoms with Gasteiger partial charge in [0.2, 0.25) is 5.91 Å². The Balaban J connectivity index is 1.79. The van der Waals surface area contributed by atoms with E-state index in [4.69, 9.17) is 16.6 Å². The van der Waals surface area contributed by atoms with Crippen LogP contribution in [0.5, 0.6) is 0 Å². The van der Waals surface area contributed by atoms with E-state index in [0.29, 0.717) is 39.5 Å². The fourth-order valence-corrected chi connectivity index (χ4v) is 4.69. The summed E-state index contributed by atoms with van der Waals surface area (Å²) in [5.74, 6) is 0.188. The summed E-state index contributed by atoms with van der Waals surface area (Å²) in [6, 6.07) is 17.9. The van der Waals surface area contributed by atoms with Crippen molar-refractivity contribution < 1.29 is 9.72 Å². The third-order valence-corrected chi connectivity index (χ3v) is 6.84. The molecule has 0 saturated heterocycles. The molecule has 0 bridgehead atoms. The van der Waals surface area contributed by atoms with Gasteiger partial charge in [-0.05, 0) is 79.9 Å². The number of fused-ring (bicyclic) bond motifs is 1. The van der Waals surface area contributed by atoms with E-state index in [-0.39, 0.29) is 17.2 Å². The third-order valence-electron chi connectivity index (χ3n) is 6.60. The SMILES string of the molecule is CCCCN(C(=O)/C=C/c1ccc([N+](=O)[O-])cc1)C(C)c1nc2ccccc2c(=O)n1-c1ccc(Cl)cc1C. The molecule has 0 aliphatic rings. The number of aromatic nitrogens is 2. The molecule has 1 amide bonds. The van der Waals surface area contributed by atoms with Gasteiger partial charge in [-0.25, -0.2) is 4.98 Å². The number of unbranched alkanes of at least 4 members (excludes halogenated alkanes) is 1. The maximum atomic E-state index is 13.8. The minimum atomic E-state index is -0.544. The lowest BCUT2D eigenvalue weighted by atomic mass is 10.1. The van der Waals surface area contributed by atoms with Crippen LogP contribution in [0.3, 0.4) is 0 Å². The molecule has 0 aliphatic carbocycles. The monoisotopic (exact) mass is 544 g/mol. The molecule has 1 atom stereocenters. The molecule has 1 heterocycles. The Hall–Kier alpha value is -4.30. The van der Waals surface area contributed by atoms with Crippen LogP contribution in [0.1, 0.15) is 49.7 Å². The maximum Gasteiger partial charge on any atom is 0.269 e. The fourth-order valence-electron chi connectivity index (χ4n) is 4.47. The molecule has 39 heavy (non-hydrogen) atoms. The number of nitro benzene ring substituents is 1. The average Bonchev–Trinajstić information content (AvgIpc) is 2.92. The normalized spacial score (nSPS) is 12.1. The number of hydrogen-bond donors (Lipinski definition) is 0. The average molecular weight is 545 g/mol. The number of nitro groups is 1. The molecule has 0 spiro atoms. The molecule has 1 aromatic heterocycles. The molecule has 0 radical (unpaired) electrons. The van der Waals surface area contributed by atoms with Crippen molar-refractivity contribution in [3.05, 3.63) is 115 Å². The second-order valence-electron chi connectivity index (χ2n) is 9.30. The van der Waals surface area contributed by atoms with Crippen LogP contribution in [0.15, 0.2) is 77.6 Å². The second-order valence-corrected chi connectivity index (χ2v) is 9.74. The lowest BCUT2D eigenvalue weighted by Gasteiger charge is -2.30. The van der Waals surface area contributed by atoms with Gasteiger partial charge >= 0.3 is 0 Å². The van der Waals surface area contributed by atoms with E-state index in [0.717, 1.165) is 18.4 Å². The summed E-state index contributed by atoms with van der Waals surface area (Å²) in [6.45, 7) is 6.25. The van der Waals surface area contributed by atoms with Crippen LogP contribution in [0.2, 0.25) is 5.02 Å². The van der Waals surface area contributed by atoms with E-state index in [1.54, 1.807) is 64.1 Å². The Morgan fingerprint density at radius 3 is 2.54 bits per heavy atom. The summed E-state index contributed by atoms with van der Waals surface area (Å²) in [6.07, 6.45) is 4.71. The van der Waals surface area contributed by atoms with Crippen molar-refractivity contribution in [3.63, 3.8) is 0 Å². The predicted octanol–water partition coefficient (Wildman–Crippen LogP) is 6.66. The predicted molar refractivity (Wildman–Crippen MR) is 154 cm³/mol. The molecule has 0 N–H and O–H groups in total. The van der Waals surface area contributed by atoms with E-state index in [1.165, 1.54) is 18.2 Å². The zero-order valence-electron chi connectivity index (χ0n) is 22.0. The summed E-state index contributed by atoms with van der Waals surface area (Å²) in [4.78, 5) is 44.4. The molecule has 3 aromatic carbocycles. The van der Waals surface area contributed by atoms with Crippen LogP contribution in [0, 0.1) is 17.0 Å². The number of carbonyl (C=O) groups is 1. The molecule has 0 fully saturated rings. The molecule has 0 aliphatic heterocycles. The number of carbonyl (C=O) groups excluding carboxylic acids is 1. The Kier molecular flexibility index (Phi) is 8.56. The van der Waals surface area contributed by atoms with Gasteiger partial charge in [0.05, 0.1) is 27.6 Å². The van der Waals surface area contributed by atoms with E-state index in [9.17, 15) is 19.7 Å². The second kappa shape index (κ2) is 12.0. The first kappa shape index (κ1) is 27.7. The highest BCUT2D eigenvalue weighted by Crippen LogP contribution is 2.26. The van der Waals surface area contributed by atoms with Crippen molar-refractivity contribution in [2.75, 3.05) is 6.54 Å². The zero-order chi connectivity index (χ0) is 28.1. The van der Waals surface area contributed by atoms with Gasteiger partial charge in [0.1, 0.15) is 5.82 Å². The number of rotatable bonds is 9. The van der Waals surface area contributed by atoms with Crippen LogP contribution in [-0.2, 0) is 4.79 Å². The zero-order valence-corrected chi connectivity index (χ0v) is 22.8. The Bertz CT molecular complexity index is 1610. The quantitative estimate of drug-likeness (QED) is 0.133. The van der Waals surface area contributed by atoms with Gasteiger partial charge < -0.3 is 4.90 Å². The lowest BCUT2D eigenvalue weighted by molar-refractivity contribution is -0.384. The van der Waals surface area contributed by atoms with Crippen molar-refractivity contribution >= 4 is 40.2 Å². The largest absolute Gasteiger partial charge is 0.329 e. The first-order chi connectivity index (χ1) is 18.7. The van der Waals surface area contributed by atoms with Gasteiger partial charge in [-0.1, -0.05) is 37.1 Å². The lowest BCUT2D eigenvalue weighted by Crippen LogP contribution is -2.37. The van der Waals surface area contributed by atoms with E-state index >= 15 is 0 Å². The van der Waals surface area contributed by atoms with Gasteiger partial charge in [-0.15, -0.1) is 0 Å². The first-order valence-electron chi connectivity index (χ1n) is 12.7. The van der Waals surface area contributed by atoms with Gasteiger partial charge in [-0.2, -0.15) is 0 Å². The molecule has 4 rings (SSSR count). The highest BCUT2D eigenvalue weighted by molar-refractivity contribution is 6.30. The van der Waals surface area contributed by atoms with Crippen molar-refractivity contribution in [1.29, 1.82) is 0 Å². The van der Waals surface area contributed by atoms with Crippen LogP contribution in [-0.4, -0.2) is 31.8 Å². The van der Waals surface area contributed by atoms with Crippen LogP contribution >= 0.6 is 11.6 Å².